The molecule has 0 radical (unpaired) electrons. The number of hydrogen-bond donors (Lipinski definition) is 0. The van der Waals surface area contributed by atoms with Crippen LogP contribution in [-0.4, -0.2) is 57.9 Å². The molecule has 0 spiro atoms. The Hall–Kier alpha value is -2.22. The minimum atomic E-state index is 0.0654. The van der Waals surface area contributed by atoms with Crippen molar-refractivity contribution in [2.45, 2.75) is 26.2 Å². The van der Waals surface area contributed by atoms with Crippen LogP contribution in [0.5, 0.6) is 0 Å². The predicted octanol–water partition coefficient (Wildman–Crippen LogP) is 1.81. The van der Waals surface area contributed by atoms with Crippen molar-refractivity contribution in [1.82, 2.24) is 19.9 Å². The molecule has 1 aliphatic heterocycles. The van der Waals surface area contributed by atoms with Gasteiger partial charge in [0.1, 0.15) is 0 Å². The summed E-state index contributed by atoms with van der Waals surface area (Å²) >= 11 is 1.57. The fourth-order valence-electron chi connectivity index (χ4n) is 2.72. The average Bonchev–Trinajstić information content (AvgIpc) is 3.19. The van der Waals surface area contributed by atoms with E-state index in [9.17, 15) is 9.59 Å². The molecule has 0 unspecified atom stereocenters. The highest BCUT2D eigenvalue weighted by Crippen LogP contribution is 2.19. The number of amides is 2. The second-order valence-electron chi connectivity index (χ2n) is 5.76. The van der Waals surface area contributed by atoms with Gasteiger partial charge in [0.2, 0.25) is 23.5 Å². The van der Waals surface area contributed by atoms with E-state index in [0.717, 1.165) is 12.0 Å². The van der Waals surface area contributed by atoms with Gasteiger partial charge in [-0.1, -0.05) is 5.16 Å². The maximum absolute atomic E-state index is 12.4. The normalized spacial score (nSPS) is 15.4. The lowest BCUT2D eigenvalue weighted by atomic mass is 10.2. The van der Waals surface area contributed by atoms with Crippen LogP contribution >= 0.6 is 11.3 Å². The zero-order chi connectivity index (χ0) is 16.9. The van der Waals surface area contributed by atoms with Crippen LogP contribution in [0.25, 0.3) is 11.4 Å². The summed E-state index contributed by atoms with van der Waals surface area (Å²) in [5.41, 5.74) is 0.929. The molecule has 2 amide bonds. The highest BCUT2D eigenvalue weighted by molar-refractivity contribution is 7.08. The monoisotopic (exact) mass is 348 g/mol. The summed E-state index contributed by atoms with van der Waals surface area (Å²) in [4.78, 5) is 31.7. The molecular weight excluding hydrogens is 328 g/mol. The van der Waals surface area contributed by atoms with E-state index in [4.69, 9.17) is 4.52 Å². The third kappa shape index (κ3) is 4.00. The Morgan fingerprint density at radius 3 is 2.79 bits per heavy atom. The van der Waals surface area contributed by atoms with Crippen molar-refractivity contribution in [3.8, 4) is 11.4 Å². The Morgan fingerprint density at radius 2 is 2.04 bits per heavy atom. The van der Waals surface area contributed by atoms with Gasteiger partial charge in [0.25, 0.3) is 0 Å². The number of carbonyl (C=O) groups excluding carboxylic acids is 2. The molecule has 1 fully saturated rings. The molecule has 0 saturated carbocycles. The lowest BCUT2D eigenvalue weighted by Crippen LogP contribution is -2.36. The van der Waals surface area contributed by atoms with E-state index in [2.05, 4.69) is 10.1 Å². The van der Waals surface area contributed by atoms with E-state index in [1.54, 1.807) is 23.2 Å². The number of aromatic nitrogens is 2. The van der Waals surface area contributed by atoms with E-state index in [-0.39, 0.29) is 11.8 Å². The zero-order valence-corrected chi connectivity index (χ0v) is 14.4. The number of carbonyl (C=O) groups is 2. The quantitative estimate of drug-likeness (QED) is 0.842. The molecule has 7 nitrogen and oxygen atoms in total. The lowest BCUT2D eigenvalue weighted by molar-refractivity contribution is -0.132. The maximum atomic E-state index is 12.4. The SMILES string of the molecule is CC(=O)N1CCCN(C(=O)CCc2nc(-c3ccsc3)no2)CC1. The molecule has 3 rings (SSSR count). The van der Waals surface area contributed by atoms with Crippen molar-refractivity contribution >= 4 is 23.2 Å². The minimum Gasteiger partial charge on any atom is -0.341 e. The molecule has 24 heavy (non-hydrogen) atoms. The molecule has 0 aliphatic carbocycles. The highest BCUT2D eigenvalue weighted by Gasteiger charge is 2.20. The van der Waals surface area contributed by atoms with Crippen molar-refractivity contribution in [2.75, 3.05) is 26.2 Å². The standard InChI is InChI=1S/C16H20N4O3S/c1-12(21)19-6-2-7-20(9-8-19)15(22)4-3-14-17-16(18-23-14)13-5-10-24-11-13/h5,10-11H,2-4,6-9H2,1H3. The predicted molar refractivity (Wildman–Crippen MR) is 89.4 cm³/mol. The van der Waals surface area contributed by atoms with Gasteiger partial charge in [0.05, 0.1) is 0 Å². The molecule has 2 aromatic rings. The first kappa shape index (κ1) is 16.6. The van der Waals surface area contributed by atoms with E-state index in [1.807, 2.05) is 21.7 Å². The van der Waals surface area contributed by atoms with Gasteiger partial charge in [0.15, 0.2) is 0 Å². The molecule has 0 N–H and O–H groups in total. The van der Waals surface area contributed by atoms with Crippen LogP contribution in [0.15, 0.2) is 21.3 Å². The zero-order valence-electron chi connectivity index (χ0n) is 13.6. The summed E-state index contributed by atoms with van der Waals surface area (Å²) in [5, 5.41) is 7.86. The second-order valence-corrected chi connectivity index (χ2v) is 6.54. The Bertz CT molecular complexity index is 698. The summed E-state index contributed by atoms with van der Waals surface area (Å²) in [7, 11) is 0. The number of nitrogens with zero attached hydrogens (tertiary/aromatic N) is 4. The molecule has 0 atom stereocenters. The fraction of sp³-hybridized carbons (Fsp3) is 0.500. The maximum Gasteiger partial charge on any atom is 0.227 e. The summed E-state index contributed by atoms with van der Waals surface area (Å²) in [6.07, 6.45) is 1.59. The van der Waals surface area contributed by atoms with Gasteiger partial charge >= 0.3 is 0 Å². The van der Waals surface area contributed by atoms with Crippen LogP contribution in [0.2, 0.25) is 0 Å². The number of thiophene rings is 1. The first-order chi connectivity index (χ1) is 11.6. The second kappa shape index (κ2) is 7.57. The van der Waals surface area contributed by atoms with Gasteiger partial charge in [-0.25, -0.2) is 0 Å². The smallest absolute Gasteiger partial charge is 0.227 e. The van der Waals surface area contributed by atoms with Gasteiger partial charge < -0.3 is 14.3 Å². The summed E-state index contributed by atoms with van der Waals surface area (Å²) < 4.78 is 5.22. The van der Waals surface area contributed by atoms with E-state index >= 15 is 0 Å². The number of aryl methyl sites for hydroxylation is 1. The van der Waals surface area contributed by atoms with Gasteiger partial charge in [-0.3, -0.25) is 9.59 Å². The van der Waals surface area contributed by atoms with E-state index in [0.29, 0.717) is 50.7 Å². The van der Waals surface area contributed by atoms with Crippen LogP contribution in [0.4, 0.5) is 0 Å². The Balaban J connectivity index is 1.51. The minimum absolute atomic E-state index is 0.0654. The van der Waals surface area contributed by atoms with Gasteiger partial charge in [0, 0.05) is 56.9 Å². The Kier molecular flexibility index (Phi) is 5.24. The van der Waals surface area contributed by atoms with Gasteiger partial charge in [-0.05, 0) is 17.9 Å². The van der Waals surface area contributed by atoms with Crippen molar-refractivity contribution in [2.24, 2.45) is 0 Å². The third-order valence-electron chi connectivity index (χ3n) is 4.09. The van der Waals surface area contributed by atoms with Crippen LogP contribution in [0.3, 0.4) is 0 Å². The molecule has 0 bridgehead atoms. The van der Waals surface area contributed by atoms with Gasteiger partial charge in [-0.2, -0.15) is 16.3 Å². The average molecular weight is 348 g/mol. The lowest BCUT2D eigenvalue weighted by Gasteiger charge is -2.21. The molecule has 1 saturated heterocycles. The van der Waals surface area contributed by atoms with Crippen LogP contribution in [0, 0.1) is 0 Å². The van der Waals surface area contributed by atoms with E-state index in [1.165, 1.54) is 0 Å². The molecule has 3 heterocycles. The van der Waals surface area contributed by atoms with Crippen molar-refractivity contribution in [3.05, 3.63) is 22.7 Å². The van der Waals surface area contributed by atoms with Crippen molar-refractivity contribution in [3.63, 3.8) is 0 Å². The van der Waals surface area contributed by atoms with Gasteiger partial charge in [-0.15, -0.1) is 0 Å². The summed E-state index contributed by atoms with van der Waals surface area (Å²) in [6, 6.07) is 1.93. The highest BCUT2D eigenvalue weighted by atomic mass is 32.1. The van der Waals surface area contributed by atoms with Crippen LogP contribution < -0.4 is 0 Å². The Labute approximate surface area is 144 Å². The largest absolute Gasteiger partial charge is 0.341 e. The van der Waals surface area contributed by atoms with E-state index < -0.39 is 0 Å². The summed E-state index contributed by atoms with van der Waals surface area (Å²) in [5.74, 6) is 1.17. The van der Waals surface area contributed by atoms with Crippen molar-refractivity contribution in [1.29, 1.82) is 0 Å². The Morgan fingerprint density at radius 1 is 1.25 bits per heavy atom. The summed E-state index contributed by atoms with van der Waals surface area (Å²) in [6.45, 7) is 4.16. The van der Waals surface area contributed by atoms with Crippen LogP contribution in [-0.2, 0) is 16.0 Å². The molecular formula is C16H20N4O3S. The first-order valence-electron chi connectivity index (χ1n) is 8.02. The molecule has 1 aliphatic rings. The molecule has 2 aromatic heterocycles. The first-order valence-corrected chi connectivity index (χ1v) is 8.96. The number of rotatable bonds is 4. The van der Waals surface area contributed by atoms with Crippen LogP contribution in [0.1, 0.15) is 25.7 Å². The topological polar surface area (TPSA) is 79.5 Å². The third-order valence-corrected chi connectivity index (χ3v) is 4.78. The van der Waals surface area contributed by atoms with Crippen molar-refractivity contribution < 1.29 is 14.1 Å². The fourth-order valence-corrected chi connectivity index (χ4v) is 3.35. The molecule has 0 aromatic carbocycles. The number of hydrogen-bond acceptors (Lipinski definition) is 6. The molecule has 8 heteroatoms. The molecule has 128 valence electrons.